The summed E-state index contributed by atoms with van der Waals surface area (Å²) in [6, 6.07) is 20.2. The van der Waals surface area contributed by atoms with E-state index in [0.717, 1.165) is 23.6 Å². The normalized spacial score (nSPS) is 14.5. The summed E-state index contributed by atoms with van der Waals surface area (Å²) in [5, 5.41) is 3.11. The van der Waals surface area contributed by atoms with E-state index in [1.165, 1.54) is 40.7 Å². The molecule has 1 amide bonds. The highest BCUT2D eigenvalue weighted by Crippen LogP contribution is 2.25. The SMILES string of the molecule is O=C(CN(c1ccc(Cl)cc1)S(=O)(=O)c1ccccc1)NCCOc1ccc(S(=O)(=O)N2CCCCC2)cc1. The van der Waals surface area contributed by atoms with Crippen LogP contribution in [0.15, 0.2) is 88.7 Å². The maximum atomic E-state index is 13.3. The van der Waals surface area contributed by atoms with E-state index in [-0.39, 0.29) is 22.9 Å². The first kappa shape index (κ1) is 28.9. The summed E-state index contributed by atoms with van der Waals surface area (Å²) in [4.78, 5) is 13.0. The number of sulfonamides is 2. The molecule has 0 spiro atoms. The van der Waals surface area contributed by atoms with Gasteiger partial charge < -0.3 is 10.1 Å². The maximum absolute atomic E-state index is 13.3. The molecule has 1 N–H and O–H groups in total. The van der Waals surface area contributed by atoms with Gasteiger partial charge in [0.25, 0.3) is 10.0 Å². The lowest BCUT2D eigenvalue weighted by molar-refractivity contribution is -0.119. The van der Waals surface area contributed by atoms with Crippen molar-refractivity contribution in [3.05, 3.63) is 83.9 Å². The van der Waals surface area contributed by atoms with Crippen molar-refractivity contribution in [1.29, 1.82) is 0 Å². The highest BCUT2D eigenvalue weighted by atomic mass is 35.5. The third kappa shape index (κ3) is 7.30. The fraction of sp³-hybridized carbons (Fsp3) is 0.296. The number of carbonyl (C=O) groups is 1. The van der Waals surface area contributed by atoms with Gasteiger partial charge in [0.1, 0.15) is 18.9 Å². The number of anilines is 1. The number of hydrogen-bond acceptors (Lipinski definition) is 6. The zero-order chi connectivity index (χ0) is 27.9. The number of amides is 1. The van der Waals surface area contributed by atoms with Crippen LogP contribution in [-0.2, 0) is 24.8 Å². The van der Waals surface area contributed by atoms with Gasteiger partial charge in [-0.1, -0.05) is 36.2 Å². The number of halogens is 1. The largest absolute Gasteiger partial charge is 0.492 e. The molecule has 0 aromatic heterocycles. The molecule has 3 aromatic rings. The molecule has 1 fully saturated rings. The summed E-state index contributed by atoms with van der Waals surface area (Å²) in [6.07, 6.45) is 2.76. The fourth-order valence-corrected chi connectivity index (χ4v) is 7.24. The molecule has 208 valence electrons. The Kier molecular flexibility index (Phi) is 9.49. The van der Waals surface area contributed by atoms with E-state index in [1.807, 2.05) is 0 Å². The van der Waals surface area contributed by atoms with Gasteiger partial charge in [-0.2, -0.15) is 4.31 Å². The van der Waals surface area contributed by atoms with Crippen LogP contribution in [-0.4, -0.2) is 59.8 Å². The Morgan fingerprint density at radius 2 is 1.49 bits per heavy atom. The third-order valence-corrected chi connectivity index (χ3v) is 10.2. The number of benzene rings is 3. The Hall–Kier alpha value is -3.12. The maximum Gasteiger partial charge on any atom is 0.264 e. The van der Waals surface area contributed by atoms with Gasteiger partial charge in [0.15, 0.2) is 0 Å². The molecule has 0 saturated carbocycles. The minimum absolute atomic E-state index is 0.0573. The van der Waals surface area contributed by atoms with Crippen molar-refractivity contribution in [2.45, 2.75) is 29.1 Å². The lowest BCUT2D eigenvalue weighted by Gasteiger charge is -2.25. The molecule has 9 nitrogen and oxygen atoms in total. The quantitative estimate of drug-likeness (QED) is 0.338. The summed E-state index contributed by atoms with van der Waals surface area (Å²) >= 11 is 5.96. The van der Waals surface area contributed by atoms with E-state index in [0.29, 0.717) is 29.5 Å². The average molecular weight is 592 g/mol. The first-order valence-corrected chi connectivity index (χ1v) is 15.8. The smallest absolute Gasteiger partial charge is 0.264 e. The van der Waals surface area contributed by atoms with Crippen molar-refractivity contribution in [1.82, 2.24) is 9.62 Å². The van der Waals surface area contributed by atoms with Crippen molar-refractivity contribution >= 4 is 43.2 Å². The van der Waals surface area contributed by atoms with Crippen molar-refractivity contribution < 1.29 is 26.4 Å². The van der Waals surface area contributed by atoms with Gasteiger partial charge in [-0.25, -0.2) is 16.8 Å². The molecular weight excluding hydrogens is 562 g/mol. The Morgan fingerprint density at radius 3 is 2.13 bits per heavy atom. The van der Waals surface area contributed by atoms with Crippen LogP contribution in [0, 0.1) is 0 Å². The molecule has 1 aliphatic rings. The number of nitrogens with one attached hydrogen (secondary N) is 1. The van der Waals surface area contributed by atoms with E-state index < -0.39 is 32.5 Å². The molecule has 0 aliphatic carbocycles. The molecule has 1 aliphatic heterocycles. The molecule has 3 aromatic carbocycles. The Bertz CT molecular complexity index is 1460. The van der Waals surface area contributed by atoms with Crippen LogP contribution in [0.3, 0.4) is 0 Å². The predicted molar refractivity (Wildman–Crippen MR) is 150 cm³/mol. The number of piperidine rings is 1. The van der Waals surface area contributed by atoms with Gasteiger partial charge in [0, 0.05) is 18.1 Å². The van der Waals surface area contributed by atoms with Crippen LogP contribution in [0.4, 0.5) is 5.69 Å². The van der Waals surface area contributed by atoms with E-state index in [1.54, 1.807) is 42.5 Å². The van der Waals surface area contributed by atoms with E-state index >= 15 is 0 Å². The number of nitrogens with zero attached hydrogens (tertiary/aromatic N) is 2. The molecule has 12 heteroatoms. The second-order valence-corrected chi connectivity index (χ2v) is 13.2. The van der Waals surface area contributed by atoms with E-state index in [4.69, 9.17) is 16.3 Å². The van der Waals surface area contributed by atoms with Crippen molar-refractivity contribution in [3.63, 3.8) is 0 Å². The van der Waals surface area contributed by atoms with Gasteiger partial charge in [0.05, 0.1) is 22.0 Å². The first-order chi connectivity index (χ1) is 18.7. The highest BCUT2D eigenvalue weighted by Gasteiger charge is 2.27. The second-order valence-electron chi connectivity index (χ2n) is 8.94. The number of carbonyl (C=O) groups excluding carboxylic acids is 1. The molecular formula is C27H30ClN3O6S2. The van der Waals surface area contributed by atoms with Crippen LogP contribution < -0.4 is 14.4 Å². The molecule has 0 bridgehead atoms. The lowest BCUT2D eigenvalue weighted by atomic mass is 10.2. The van der Waals surface area contributed by atoms with Crippen molar-refractivity contribution in [2.24, 2.45) is 0 Å². The Morgan fingerprint density at radius 1 is 0.846 bits per heavy atom. The summed E-state index contributed by atoms with van der Waals surface area (Å²) in [6.45, 7) is 0.843. The van der Waals surface area contributed by atoms with Crippen LogP contribution in [0.2, 0.25) is 5.02 Å². The van der Waals surface area contributed by atoms with Gasteiger partial charge in [-0.3, -0.25) is 9.10 Å². The minimum Gasteiger partial charge on any atom is -0.492 e. The molecule has 0 radical (unpaired) electrons. The molecule has 0 unspecified atom stereocenters. The van der Waals surface area contributed by atoms with E-state index in [9.17, 15) is 21.6 Å². The van der Waals surface area contributed by atoms with Crippen LogP contribution >= 0.6 is 11.6 Å². The number of hydrogen-bond donors (Lipinski definition) is 1. The predicted octanol–water partition coefficient (Wildman–Crippen LogP) is 3.91. The Balaban J connectivity index is 1.33. The van der Waals surface area contributed by atoms with Crippen LogP contribution in [0.5, 0.6) is 5.75 Å². The molecule has 1 heterocycles. The Labute approximate surface area is 234 Å². The fourth-order valence-electron chi connectivity index (χ4n) is 4.15. The van der Waals surface area contributed by atoms with Gasteiger partial charge in [-0.15, -0.1) is 0 Å². The number of ether oxygens (including phenoxy) is 1. The highest BCUT2D eigenvalue weighted by molar-refractivity contribution is 7.92. The van der Waals surface area contributed by atoms with E-state index in [2.05, 4.69) is 5.32 Å². The summed E-state index contributed by atoms with van der Waals surface area (Å²) in [5.74, 6) is -0.0627. The molecule has 0 atom stereocenters. The van der Waals surface area contributed by atoms with Gasteiger partial charge >= 0.3 is 0 Å². The molecule has 39 heavy (non-hydrogen) atoms. The third-order valence-electron chi connectivity index (χ3n) is 6.20. The second kappa shape index (κ2) is 12.8. The minimum atomic E-state index is -4.01. The zero-order valence-electron chi connectivity index (χ0n) is 21.2. The monoisotopic (exact) mass is 591 g/mol. The molecule has 4 rings (SSSR count). The topological polar surface area (TPSA) is 113 Å². The van der Waals surface area contributed by atoms with Crippen molar-refractivity contribution in [3.8, 4) is 5.75 Å². The van der Waals surface area contributed by atoms with Gasteiger partial charge in [0.2, 0.25) is 15.9 Å². The zero-order valence-corrected chi connectivity index (χ0v) is 23.6. The van der Waals surface area contributed by atoms with Crippen LogP contribution in [0.1, 0.15) is 19.3 Å². The summed E-state index contributed by atoms with van der Waals surface area (Å²) < 4.78 is 60.4. The van der Waals surface area contributed by atoms with Crippen LogP contribution in [0.25, 0.3) is 0 Å². The summed E-state index contributed by atoms with van der Waals surface area (Å²) in [7, 11) is -7.54. The average Bonchev–Trinajstić information content (AvgIpc) is 2.96. The first-order valence-electron chi connectivity index (χ1n) is 12.5. The van der Waals surface area contributed by atoms with Crippen molar-refractivity contribution in [2.75, 3.05) is 37.1 Å². The standard InChI is InChI=1S/C27H30ClN3O6S2/c28-22-9-11-23(12-10-22)31(39(35,36)25-7-3-1-4-8-25)21-27(32)29-17-20-37-24-13-15-26(16-14-24)38(33,34)30-18-5-2-6-19-30/h1,3-4,7-16H,2,5-6,17-21H2,(H,29,32). The molecule has 1 saturated heterocycles. The number of rotatable bonds is 11. The summed E-state index contributed by atoms with van der Waals surface area (Å²) in [5.41, 5.74) is 0.300. The van der Waals surface area contributed by atoms with Gasteiger partial charge in [-0.05, 0) is 73.5 Å². The lowest BCUT2D eigenvalue weighted by Crippen LogP contribution is -2.41.